The van der Waals surface area contributed by atoms with Gasteiger partial charge in [-0.05, 0) is 68.0 Å². The van der Waals surface area contributed by atoms with Crippen molar-refractivity contribution in [3.05, 3.63) is 84.8 Å². The van der Waals surface area contributed by atoms with E-state index in [0.717, 1.165) is 18.5 Å². The summed E-state index contributed by atoms with van der Waals surface area (Å²) in [5, 5.41) is 14.4. The molecule has 2 fully saturated rings. The highest BCUT2D eigenvalue weighted by atomic mass is 19.1. The third kappa shape index (κ3) is 6.52. The second-order valence-electron chi connectivity index (χ2n) is 13.4. The Hall–Kier alpha value is -5.90. The van der Waals surface area contributed by atoms with Crippen molar-refractivity contribution < 1.29 is 27.8 Å². The molecule has 5 heterocycles. The van der Waals surface area contributed by atoms with E-state index in [2.05, 4.69) is 32.8 Å². The number of aromatic nitrogens is 4. The van der Waals surface area contributed by atoms with Gasteiger partial charge in [-0.1, -0.05) is 18.6 Å². The van der Waals surface area contributed by atoms with Crippen LogP contribution in [-0.4, -0.2) is 74.9 Å². The largest absolute Gasteiger partial charge is 0.508 e. The Morgan fingerprint density at radius 1 is 1.19 bits per heavy atom. The number of nitrogens with one attached hydrogen (secondary N) is 1. The lowest BCUT2D eigenvalue weighted by molar-refractivity contribution is -0.117. The number of halogens is 3. The molecule has 5 aromatic rings. The molecule has 2 saturated heterocycles. The second kappa shape index (κ2) is 14.0. The van der Waals surface area contributed by atoms with Crippen LogP contribution < -0.4 is 19.9 Å². The van der Waals surface area contributed by atoms with Crippen molar-refractivity contribution in [2.45, 2.75) is 50.4 Å². The summed E-state index contributed by atoms with van der Waals surface area (Å²) in [6.07, 6.45) is 13.0. The van der Waals surface area contributed by atoms with Crippen molar-refractivity contribution in [3.8, 4) is 35.4 Å². The van der Waals surface area contributed by atoms with Gasteiger partial charge in [-0.15, -0.1) is 6.42 Å². The van der Waals surface area contributed by atoms with E-state index in [-0.39, 0.29) is 76.4 Å². The highest BCUT2D eigenvalue weighted by Crippen LogP contribution is 2.40. The lowest BCUT2D eigenvalue weighted by atomic mass is 9.96. The van der Waals surface area contributed by atoms with Gasteiger partial charge in [0.1, 0.15) is 41.4 Å². The number of nitrogens with zero attached hydrogens (tertiary/aromatic N) is 6. The van der Waals surface area contributed by atoms with E-state index in [4.69, 9.17) is 16.1 Å². The zero-order valence-electron chi connectivity index (χ0n) is 28.5. The van der Waals surface area contributed by atoms with Crippen molar-refractivity contribution in [1.29, 1.82) is 0 Å². The van der Waals surface area contributed by atoms with Crippen molar-refractivity contribution in [1.82, 2.24) is 25.3 Å². The molecule has 3 aromatic heterocycles. The standard InChI is InChI=1S/C39H36F3N7O3/c1-4-28-31(41)10-9-23-16-27(50)17-29(33(23)28)35-34(42)36-30(19-44-35)37(48-15-7-6-8-25(21-48)45-32(51)5-2)47-38(46-36)52-22-39(3)18-24(40)20-49(39)26-11-13-43-14-12-26/h1,5,9-14,16-17,19,24-25,50H,2,6-8,15,18,20-22H2,3H3,(H,45,51)/t24-,25?,39+/m1/s1. The summed E-state index contributed by atoms with van der Waals surface area (Å²) in [6.45, 7) is 6.46. The van der Waals surface area contributed by atoms with E-state index < -0.39 is 23.3 Å². The van der Waals surface area contributed by atoms with Crippen LogP contribution in [-0.2, 0) is 4.79 Å². The summed E-state index contributed by atoms with van der Waals surface area (Å²) >= 11 is 0. The van der Waals surface area contributed by atoms with E-state index in [1.54, 1.807) is 24.5 Å². The fourth-order valence-electron chi connectivity index (χ4n) is 7.35. The van der Waals surface area contributed by atoms with Gasteiger partial charge in [0.2, 0.25) is 5.91 Å². The number of terminal acetylenes is 1. The van der Waals surface area contributed by atoms with Crippen LogP contribution in [0.3, 0.4) is 0 Å². The lowest BCUT2D eigenvalue weighted by Gasteiger charge is -2.36. The third-order valence-corrected chi connectivity index (χ3v) is 9.78. The summed E-state index contributed by atoms with van der Waals surface area (Å²) in [5.41, 5.74) is -0.409. The number of hydrogen-bond donors (Lipinski definition) is 2. The number of carbonyl (C=O) groups is 1. The minimum Gasteiger partial charge on any atom is -0.508 e. The molecule has 3 atom stereocenters. The number of phenols is 1. The molecule has 0 saturated carbocycles. The first-order valence-corrected chi connectivity index (χ1v) is 17.0. The molecule has 266 valence electrons. The van der Waals surface area contributed by atoms with Gasteiger partial charge < -0.3 is 25.0 Å². The van der Waals surface area contributed by atoms with E-state index in [1.807, 2.05) is 16.7 Å². The minimum atomic E-state index is -1.12. The minimum absolute atomic E-state index is 0.0275. The van der Waals surface area contributed by atoms with Crippen LogP contribution in [0.25, 0.3) is 32.9 Å². The van der Waals surface area contributed by atoms with Crippen molar-refractivity contribution in [3.63, 3.8) is 0 Å². The maximum absolute atomic E-state index is 17.0. The van der Waals surface area contributed by atoms with Gasteiger partial charge in [-0.25, -0.2) is 13.2 Å². The number of amides is 1. The zero-order valence-corrected chi connectivity index (χ0v) is 28.5. The van der Waals surface area contributed by atoms with Crippen LogP contribution in [0.2, 0.25) is 0 Å². The molecule has 2 aromatic carbocycles. The van der Waals surface area contributed by atoms with E-state index in [1.165, 1.54) is 36.5 Å². The van der Waals surface area contributed by atoms with E-state index >= 15 is 4.39 Å². The number of phenolic OH excluding ortho intramolecular Hbond substituents is 1. The lowest BCUT2D eigenvalue weighted by Crippen LogP contribution is -2.46. The Morgan fingerprint density at radius 3 is 2.77 bits per heavy atom. The highest BCUT2D eigenvalue weighted by Gasteiger charge is 2.43. The summed E-state index contributed by atoms with van der Waals surface area (Å²) in [4.78, 5) is 34.0. The first-order chi connectivity index (χ1) is 25.1. The summed E-state index contributed by atoms with van der Waals surface area (Å²) in [5.74, 6) is 0.627. The van der Waals surface area contributed by atoms with Crippen LogP contribution in [0.4, 0.5) is 24.7 Å². The van der Waals surface area contributed by atoms with Gasteiger partial charge in [0, 0.05) is 67.3 Å². The Kier molecular flexibility index (Phi) is 9.31. The van der Waals surface area contributed by atoms with Gasteiger partial charge in [0.25, 0.3) is 0 Å². The number of anilines is 2. The first-order valence-electron chi connectivity index (χ1n) is 17.0. The fraction of sp³-hybridized carbons (Fsp3) is 0.308. The van der Waals surface area contributed by atoms with Gasteiger partial charge in [-0.3, -0.25) is 14.8 Å². The number of carbonyl (C=O) groups excluding carboxylic acids is 1. The van der Waals surface area contributed by atoms with Crippen LogP contribution in [0.5, 0.6) is 11.8 Å². The molecule has 13 heteroatoms. The number of rotatable bonds is 8. The van der Waals surface area contributed by atoms with Crippen LogP contribution in [0.1, 0.15) is 38.2 Å². The Morgan fingerprint density at radius 2 is 2.00 bits per heavy atom. The number of aromatic hydroxyl groups is 1. The molecule has 2 aliphatic heterocycles. The monoisotopic (exact) mass is 707 g/mol. The van der Waals surface area contributed by atoms with E-state index in [0.29, 0.717) is 30.7 Å². The smallest absolute Gasteiger partial charge is 0.319 e. The molecule has 10 nitrogen and oxygen atoms in total. The molecule has 52 heavy (non-hydrogen) atoms. The second-order valence-corrected chi connectivity index (χ2v) is 13.4. The Balaban J connectivity index is 1.36. The predicted octanol–water partition coefficient (Wildman–Crippen LogP) is 6.25. The highest BCUT2D eigenvalue weighted by molar-refractivity contribution is 6.03. The molecule has 0 bridgehead atoms. The number of ether oxygens (including phenoxy) is 1. The average molecular weight is 708 g/mol. The Labute approximate surface area is 298 Å². The molecular weight excluding hydrogens is 671 g/mol. The molecule has 0 aliphatic carbocycles. The molecule has 1 unspecified atom stereocenters. The van der Waals surface area contributed by atoms with Gasteiger partial charge in [0.15, 0.2) is 5.82 Å². The van der Waals surface area contributed by atoms with Crippen LogP contribution in [0.15, 0.2) is 67.6 Å². The molecule has 2 aliphatic rings. The summed E-state index contributed by atoms with van der Waals surface area (Å²) in [6, 6.07) is 8.53. The number of fused-ring (bicyclic) bond motifs is 2. The maximum Gasteiger partial charge on any atom is 0.319 e. The first kappa shape index (κ1) is 34.5. The van der Waals surface area contributed by atoms with Gasteiger partial charge in [0.05, 0.1) is 16.5 Å². The van der Waals surface area contributed by atoms with Gasteiger partial charge >= 0.3 is 6.01 Å². The Bertz CT molecular complexity index is 2230. The third-order valence-electron chi connectivity index (χ3n) is 9.78. The molecule has 2 N–H and O–H groups in total. The average Bonchev–Trinajstić information content (AvgIpc) is 3.27. The molecule has 7 rings (SSSR count). The SMILES string of the molecule is C#Cc1c(F)ccc2cc(O)cc(-c3ncc4c(N5CCCCC(NC(=O)C=C)C5)nc(OC[C@]5(C)C[C@@H](F)CN5c5ccncc5)nc4c3F)c12. The molecular formula is C39H36F3N7O3. The number of pyridine rings is 2. The quantitative estimate of drug-likeness (QED) is 0.143. The predicted molar refractivity (Wildman–Crippen MR) is 193 cm³/mol. The molecule has 1 amide bonds. The normalized spacial score (nSPS) is 20.4. The van der Waals surface area contributed by atoms with Crippen LogP contribution >= 0.6 is 0 Å². The van der Waals surface area contributed by atoms with Crippen LogP contribution in [0, 0.1) is 24.0 Å². The molecule has 0 radical (unpaired) electrons. The van der Waals surface area contributed by atoms with Gasteiger partial charge in [-0.2, -0.15) is 9.97 Å². The van der Waals surface area contributed by atoms with Crippen molar-refractivity contribution in [2.75, 3.05) is 36.0 Å². The number of alkyl halides is 1. The summed E-state index contributed by atoms with van der Waals surface area (Å²) in [7, 11) is 0. The van der Waals surface area contributed by atoms with Crippen molar-refractivity contribution in [2.24, 2.45) is 0 Å². The summed E-state index contributed by atoms with van der Waals surface area (Å²) < 4.78 is 53.2. The number of benzene rings is 2. The molecule has 0 spiro atoms. The fourth-order valence-corrected chi connectivity index (χ4v) is 7.35. The van der Waals surface area contributed by atoms with Crippen molar-refractivity contribution >= 4 is 39.1 Å². The zero-order chi connectivity index (χ0) is 36.6. The topological polar surface area (TPSA) is 117 Å². The maximum atomic E-state index is 17.0. The van der Waals surface area contributed by atoms with E-state index in [9.17, 15) is 18.7 Å². The number of hydrogen-bond acceptors (Lipinski definition) is 9.